The number of rotatable bonds is 4. The van der Waals surface area contributed by atoms with Crippen LogP contribution in [0.25, 0.3) is 0 Å². The number of alkyl halides is 3. The molecule has 6 heteroatoms. The Morgan fingerprint density at radius 2 is 1.69 bits per heavy atom. The van der Waals surface area contributed by atoms with Gasteiger partial charge in [-0.2, -0.15) is 13.2 Å². The zero-order valence-corrected chi connectivity index (χ0v) is 8.37. The summed E-state index contributed by atoms with van der Waals surface area (Å²) < 4.78 is 57.7. The molecule has 0 saturated heterocycles. The van der Waals surface area contributed by atoms with Crippen molar-refractivity contribution in [2.75, 3.05) is 0 Å². The number of halogens is 3. The third-order valence-corrected chi connectivity index (χ3v) is 3.92. The molecule has 0 bridgehead atoms. The van der Waals surface area contributed by atoms with E-state index in [-0.39, 0.29) is 12.8 Å². The number of hydrogen-bond acceptors (Lipinski definition) is 2. The van der Waals surface area contributed by atoms with E-state index in [2.05, 4.69) is 0 Å². The zero-order valence-electron chi connectivity index (χ0n) is 7.56. The maximum atomic E-state index is 12.0. The lowest BCUT2D eigenvalue weighted by Crippen LogP contribution is -2.33. The fourth-order valence-electron chi connectivity index (χ4n) is 1.09. The van der Waals surface area contributed by atoms with Crippen molar-refractivity contribution in [1.82, 2.24) is 0 Å². The van der Waals surface area contributed by atoms with E-state index in [1.165, 1.54) is 6.92 Å². The monoisotopic (exact) mass is 218 g/mol. The van der Waals surface area contributed by atoms with E-state index in [0.29, 0.717) is 6.42 Å². The highest BCUT2D eigenvalue weighted by Crippen LogP contribution is 2.30. The molecular formula is C7H13F3O2S. The molecule has 0 aliphatic heterocycles. The van der Waals surface area contributed by atoms with Crippen LogP contribution in [-0.2, 0) is 9.84 Å². The van der Waals surface area contributed by atoms with E-state index in [0.717, 1.165) is 0 Å². The van der Waals surface area contributed by atoms with Crippen LogP contribution in [0.15, 0.2) is 0 Å². The first-order valence-corrected chi connectivity index (χ1v) is 5.62. The summed E-state index contributed by atoms with van der Waals surface area (Å²) in [5.74, 6) is 0. The van der Waals surface area contributed by atoms with Crippen LogP contribution in [0.3, 0.4) is 0 Å². The summed E-state index contributed by atoms with van der Waals surface area (Å²) in [4.78, 5) is 0. The largest absolute Gasteiger partial charge is 0.497 e. The maximum absolute atomic E-state index is 12.0. The van der Waals surface area contributed by atoms with E-state index in [4.69, 9.17) is 0 Å². The summed E-state index contributed by atoms with van der Waals surface area (Å²) in [7, 11) is -4.95. The molecule has 0 N–H and O–H groups in total. The summed E-state index contributed by atoms with van der Waals surface area (Å²) >= 11 is 0. The smallest absolute Gasteiger partial charge is 0.219 e. The molecule has 0 fully saturated rings. The van der Waals surface area contributed by atoms with E-state index in [1.54, 1.807) is 6.92 Å². The molecule has 1 atom stereocenters. The molecule has 0 aliphatic rings. The van der Waals surface area contributed by atoms with Gasteiger partial charge in [-0.25, -0.2) is 8.42 Å². The minimum absolute atomic E-state index is 0.00961. The maximum Gasteiger partial charge on any atom is 0.497 e. The molecule has 0 aromatic carbocycles. The Morgan fingerprint density at radius 3 is 1.92 bits per heavy atom. The van der Waals surface area contributed by atoms with Crippen LogP contribution in [0.4, 0.5) is 13.2 Å². The Balaban J connectivity index is 4.80. The predicted octanol–water partition coefficient (Wildman–Crippen LogP) is 2.50. The second-order valence-electron chi connectivity index (χ2n) is 2.81. The predicted molar refractivity (Wildman–Crippen MR) is 44.0 cm³/mol. The first kappa shape index (κ1) is 12.7. The van der Waals surface area contributed by atoms with E-state index in [1.807, 2.05) is 0 Å². The molecule has 0 aromatic heterocycles. The van der Waals surface area contributed by atoms with Crippen LogP contribution >= 0.6 is 0 Å². The first-order valence-electron chi connectivity index (χ1n) is 4.07. The second-order valence-corrected chi connectivity index (χ2v) is 5.03. The molecule has 0 radical (unpaired) electrons. The van der Waals surface area contributed by atoms with Gasteiger partial charge >= 0.3 is 5.51 Å². The Kier molecular flexibility index (Phi) is 4.22. The molecule has 0 rings (SSSR count). The summed E-state index contributed by atoms with van der Waals surface area (Å²) in [6.45, 7) is 3.11. The van der Waals surface area contributed by atoms with Crippen molar-refractivity contribution in [3.8, 4) is 0 Å². The van der Waals surface area contributed by atoms with Gasteiger partial charge in [-0.15, -0.1) is 0 Å². The van der Waals surface area contributed by atoms with E-state index < -0.39 is 20.6 Å². The van der Waals surface area contributed by atoms with Crippen LogP contribution in [0.5, 0.6) is 0 Å². The SMILES string of the molecule is CCCC(CC)S(=O)(=O)C(F)(F)F. The Bertz CT molecular complexity index is 243. The van der Waals surface area contributed by atoms with Crippen molar-refractivity contribution in [3.63, 3.8) is 0 Å². The highest BCUT2D eigenvalue weighted by Gasteiger charge is 2.49. The fraction of sp³-hybridized carbons (Fsp3) is 1.00. The summed E-state index contributed by atoms with van der Waals surface area (Å²) in [6, 6.07) is 0. The molecule has 2 nitrogen and oxygen atoms in total. The minimum Gasteiger partial charge on any atom is -0.219 e. The minimum atomic E-state index is -5.11. The summed E-state index contributed by atoms with van der Waals surface area (Å²) in [6.07, 6.45) is 0.516. The van der Waals surface area contributed by atoms with Gasteiger partial charge in [-0.1, -0.05) is 20.3 Å². The molecule has 0 heterocycles. The standard InChI is InChI=1S/C7H13F3O2S/c1-3-5-6(4-2)13(11,12)7(8,9)10/h6H,3-5H2,1-2H3. The van der Waals surface area contributed by atoms with Crippen LogP contribution in [-0.4, -0.2) is 19.2 Å². The lowest BCUT2D eigenvalue weighted by Gasteiger charge is -2.16. The Hall–Kier alpha value is -0.260. The highest BCUT2D eigenvalue weighted by atomic mass is 32.2. The van der Waals surface area contributed by atoms with Crippen molar-refractivity contribution in [3.05, 3.63) is 0 Å². The van der Waals surface area contributed by atoms with Crippen molar-refractivity contribution >= 4 is 9.84 Å². The van der Waals surface area contributed by atoms with Crippen molar-refractivity contribution < 1.29 is 21.6 Å². The average Bonchev–Trinajstić information content (AvgIpc) is 1.97. The number of hydrogen-bond donors (Lipinski definition) is 0. The van der Waals surface area contributed by atoms with Crippen LogP contribution < -0.4 is 0 Å². The van der Waals surface area contributed by atoms with Gasteiger partial charge in [-0.3, -0.25) is 0 Å². The molecule has 80 valence electrons. The van der Waals surface area contributed by atoms with Crippen LogP contribution in [0.2, 0.25) is 0 Å². The summed E-state index contributed by atoms with van der Waals surface area (Å²) in [5.41, 5.74) is -5.11. The van der Waals surface area contributed by atoms with Crippen molar-refractivity contribution in [2.45, 2.75) is 43.9 Å². The van der Waals surface area contributed by atoms with Gasteiger partial charge in [0.2, 0.25) is 0 Å². The fourth-order valence-corrected chi connectivity index (χ4v) is 2.45. The normalized spacial score (nSPS) is 15.8. The second kappa shape index (κ2) is 4.30. The van der Waals surface area contributed by atoms with Gasteiger partial charge in [-0.05, 0) is 12.8 Å². The average molecular weight is 218 g/mol. The molecule has 1 unspecified atom stereocenters. The molecule has 13 heavy (non-hydrogen) atoms. The van der Waals surface area contributed by atoms with Crippen LogP contribution in [0, 0.1) is 0 Å². The van der Waals surface area contributed by atoms with Gasteiger partial charge in [0.05, 0.1) is 5.25 Å². The molecule has 0 spiro atoms. The van der Waals surface area contributed by atoms with Gasteiger partial charge in [0.15, 0.2) is 0 Å². The lowest BCUT2D eigenvalue weighted by molar-refractivity contribution is -0.0446. The van der Waals surface area contributed by atoms with Gasteiger partial charge in [0.1, 0.15) is 0 Å². The van der Waals surface area contributed by atoms with Crippen LogP contribution in [0.1, 0.15) is 33.1 Å². The quantitative estimate of drug-likeness (QED) is 0.726. The Morgan fingerprint density at radius 1 is 1.23 bits per heavy atom. The molecule has 0 amide bonds. The van der Waals surface area contributed by atoms with Crippen molar-refractivity contribution in [2.24, 2.45) is 0 Å². The third kappa shape index (κ3) is 2.86. The molecular weight excluding hydrogens is 205 g/mol. The van der Waals surface area contributed by atoms with Gasteiger partial charge in [0.25, 0.3) is 9.84 Å². The molecule has 0 aliphatic carbocycles. The lowest BCUT2D eigenvalue weighted by atomic mass is 10.2. The summed E-state index contributed by atoms with van der Waals surface area (Å²) in [5, 5.41) is -1.28. The zero-order chi connectivity index (χ0) is 10.7. The van der Waals surface area contributed by atoms with Gasteiger partial charge < -0.3 is 0 Å². The topological polar surface area (TPSA) is 34.1 Å². The van der Waals surface area contributed by atoms with E-state index >= 15 is 0 Å². The van der Waals surface area contributed by atoms with Crippen molar-refractivity contribution in [1.29, 1.82) is 0 Å². The first-order chi connectivity index (χ1) is 5.77. The molecule has 0 saturated carbocycles. The third-order valence-electron chi connectivity index (χ3n) is 1.83. The Labute approximate surface area is 76.1 Å². The van der Waals surface area contributed by atoms with Gasteiger partial charge in [0, 0.05) is 0 Å². The molecule has 0 aromatic rings. The van der Waals surface area contributed by atoms with E-state index in [9.17, 15) is 21.6 Å². The number of sulfone groups is 1. The highest BCUT2D eigenvalue weighted by molar-refractivity contribution is 7.92.